The molecule has 0 aliphatic carbocycles. The summed E-state index contributed by atoms with van der Waals surface area (Å²) in [7, 11) is 1.66. The molecule has 1 aromatic carbocycles. The standard InChI is InChI=1S/C12H15BrN2O2/c1-17-11-7-14-6-10(11)15-12(16)8-3-2-4-9(13)5-8/h2-5,10-11,14H,6-7H2,1H3,(H,15,16)/t10?,11-/m1/s1. The van der Waals surface area contributed by atoms with Crippen LogP contribution in [0.1, 0.15) is 10.4 Å². The molecule has 92 valence electrons. The van der Waals surface area contributed by atoms with Crippen LogP contribution < -0.4 is 10.6 Å². The molecule has 0 saturated carbocycles. The second-order valence-corrected chi connectivity index (χ2v) is 4.94. The molecule has 1 aromatic rings. The molecule has 0 bridgehead atoms. The van der Waals surface area contributed by atoms with Crippen molar-refractivity contribution < 1.29 is 9.53 Å². The molecule has 0 aromatic heterocycles. The molecule has 0 radical (unpaired) electrons. The van der Waals surface area contributed by atoms with Gasteiger partial charge in [-0.3, -0.25) is 4.79 Å². The van der Waals surface area contributed by atoms with Crippen molar-refractivity contribution in [3.63, 3.8) is 0 Å². The molecule has 1 saturated heterocycles. The number of hydrogen-bond acceptors (Lipinski definition) is 3. The number of amides is 1. The molecule has 1 aliphatic rings. The van der Waals surface area contributed by atoms with Crippen LogP contribution in [0.25, 0.3) is 0 Å². The Balaban J connectivity index is 2.01. The van der Waals surface area contributed by atoms with Crippen molar-refractivity contribution in [3.05, 3.63) is 34.3 Å². The molecule has 5 heteroatoms. The maximum atomic E-state index is 12.0. The molecule has 2 atom stereocenters. The molecule has 2 rings (SSSR count). The van der Waals surface area contributed by atoms with Crippen molar-refractivity contribution in [2.45, 2.75) is 12.1 Å². The molecule has 17 heavy (non-hydrogen) atoms. The predicted octanol–water partition coefficient (Wildman–Crippen LogP) is 1.17. The molecular formula is C12H15BrN2O2. The first-order valence-corrected chi connectivity index (χ1v) is 6.30. The lowest BCUT2D eigenvalue weighted by Gasteiger charge is -2.18. The zero-order valence-corrected chi connectivity index (χ0v) is 11.2. The van der Waals surface area contributed by atoms with Gasteiger partial charge in [0.2, 0.25) is 0 Å². The van der Waals surface area contributed by atoms with Crippen molar-refractivity contribution in [2.24, 2.45) is 0 Å². The Bertz CT molecular complexity index is 411. The minimum Gasteiger partial charge on any atom is -0.378 e. The third-order valence-electron chi connectivity index (χ3n) is 2.86. The van der Waals surface area contributed by atoms with E-state index in [2.05, 4.69) is 26.6 Å². The monoisotopic (exact) mass is 298 g/mol. The van der Waals surface area contributed by atoms with Gasteiger partial charge >= 0.3 is 0 Å². The summed E-state index contributed by atoms with van der Waals surface area (Å²) < 4.78 is 6.20. The number of hydrogen-bond donors (Lipinski definition) is 2. The zero-order chi connectivity index (χ0) is 12.3. The molecule has 2 N–H and O–H groups in total. The number of halogens is 1. The van der Waals surface area contributed by atoms with E-state index in [1.54, 1.807) is 19.2 Å². The van der Waals surface area contributed by atoms with Gasteiger partial charge in [0.15, 0.2) is 0 Å². The second kappa shape index (κ2) is 5.62. The van der Waals surface area contributed by atoms with Gasteiger partial charge in [-0.25, -0.2) is 0 Å². The Labute approximate surface area is 109 Å². The Morgan fingerprint density at radius 3 is 3.06 bits per heavy atom. The van der Waals surface area contributed by atoms with E-state index in [1.165, 1.54) is 0 Å². The summed E-state index contributed by atoms with van der Waals surface area (Å²) in [4.78, 5) is 12.0. The largest absolute Gasteiger partial charge is 0.378 e. The fourth-order valence-electron chi connectivity index (χ4n) is 1.93. The van der Waals surface area contributed by atoms with E-state index in [0.717, 1.165) is 17.6 Å². The molecule has 0 spiro atoms. The molecule has 4 nitrogen and oxygen atoms in total. The van der Waals surface area contributed by atoms with E-state index in [9.17, 15) is 4.79 Å². The van der Waals surface area contributed by atoms with Gasteiger partial charge in [-0.15, -0.1) is 0 Å². The van der Waals surface area contributed by atoms with Crippen LogP contribution in [0.3, 0.4) is 0 Å². The van der Waals surface area contributed by atoms with Crippen molar-refractivity contribution >= 4 is 21.8 Å². The quantitative estimate of drug-likeness (QED) is 0.881. The summed E-state index contributed by atoms with van der Waals surface area (Å²) in [5.41, 5.74) is 0.654. The normalized spacial score (nSPS) is 23.6. The van der Waals surface area contributed by atoms with Crippen LogP contribution in [0.4, 0.5) is 0 Å². The summed E-state index contributed by atoms with van der Waals surface area (Å²) >= 11 is 3.35. The topological polar surface area (TPSA) is 50.4 Å². The first-order chi connectivity index (χ1) is 8.20. The van der Waals surface area contributed by atoms with Gasteiger partial charge in [0.1, 0.15) is 0 Å². The third kappa shape index (κ3) is 3.06. The summed E-state index contributed by atoms with van der Waals surface area (Å²) in [5, 5.41) is 6.17. The average Bonchev–Trinajstić information content (AvgIpc) is 2.76. The molecule has 1 heterocycles. The first-order valence-electron chi connectivity index (χ1n) is 5.50. The fraction of sp³-hybridized carbons (Fsp3) is 0.417. The van der Waals surface area contributed by atoms with Crippen molar-refractivity contribution in [3.8, 4) is 0 Å². The summed E-state index contributed by atoms with van der Waals surface area (Å²) in [6.07, 6.45) is 0.0473. The number of carbonyl (C=O) groups excluding carboxylic acids is 1. The van der Waals surface area contributed by atoms with E-state index >= 15 is 0 Å². The van der Waals surface area contributed by atoms with E-state index in [-0.39, 0.29) is 18.1 Å². The molecular weight excluding hydrogens is 284 g/mol. The van der Waals surface area contributed by atoms with Crippen LogP contribution in [-0.2, 0) is 4.74 Å². The lowest BCUT2D eigenvalue weighted by atomic mass is 10.1. The van der Waals surface area contributed by atoms with Gasteiger partial charge in [-0.2, -0.15) is 0 Å². The highest BCUT2D eigenvalue weighted by molar-refractivity contribution is 9.10. The van der Waals surface area contributed by atoms with Crippen molar-refractivity contribution in [1.82, 2.24) is 10.6 Å². The number of benzene rings is 1. The molecule has 1 aliphatic heterocycles. The van der Waals surface area contributed by atoms with Crippen LogP contribution >= 0.6 is 15.9 Å². The van der Waals surface area contributed by atoms with E-state index in [0.29, 0.717) is 5.56 Å². The Kier molecular flexibility index (Phi) is 4.15. The van der Waals surface area contributed by atoms with Crippen LogP contribution in [0, 0.1) is 0 Å². The van der Waals surface area contributed by atoms with Crippen LogP contribution in [0.2, 0.25) is 0 Å². The molecule has 1 amide bonds. The minimum atomic E-state index is -0.0675. The van der Waals surface area contributed by atoms with Crippen LogP contribution in [-0.4, -0.2) is 38.3 Å². The summed E-state index contributed by atoms with van der Waals surface area (Å²) in [6, 6.07) is 7.38. The Hall–Kier alpha value is -0.910. The fourth-order valence-corrected chi connectivity index (χ4v) is 2.33. The van der Waals surface area contributed by atoms with Gasteiger partial charge in [-0.1, -0.05) is 22.0 Å². The first kappa shape index (κ1) is 12.5. The van der Waals surface area contributed by atoms with E-state index < -0.39 is 0 Å². The SMILES string of the molecule is CO[C@@H]1CNCC1NC(=O)c1cccc(Br)c1. The maximum Gasteiger partial charge on any atom is 0.251 e. The van der Waals surface area contributed by atoms with Gasteiger partial charge in [-0.05, 0) is 18.2 Å². The highest BCUT2D eigenvalue weighted by Crippen LogP contribution is 2.12. The van der Waals surface area contributed by atoms with Crippen LogP contribution in [0.5, 0.6) is 0 Å². The lowest BCUT2D eigenvalue weighted by molar-refractivity contribution is 0.0780. The smallest absolute Gasteiger partial charge is 0.251 e. The predicted molar refractivity (Wildman–Crippen MR) is 69.1 cm³/mol. The van der Waals surface area contributed by atoms with Gasteiger partial charge in [0.05, 0.1) is 12.1 Å². The van der Waals surface area contributed by atoms with Gasteiger partial charge < -0.3 is 15.4 Å². The molecule has 1 fully saturated rings. The Morgan fingerprint density at radius 2 is 2.35 bits per heavy atom. The summed E-state index contributed by atoms with van der Waals surface area (Å²) in [5.74, 6) is -0.0675. The third-order valence-corrected chi connectivity index (χ3v) is 3.36. The second-order valence-electron chi connectivity index (χ2n) is 4.02. The highest BCUT2D eigenvalue weighted by atomic mass is 79.9. The van der Waals surface area contributed by atoms with Gasteiger partial charge in [0.25, 0.3) is 5.91 Å². The zero-order valence-electron chi connectivity index (χ0n) is 9.57. The number of rotatable bonds is 3. The average molecular weight is 299 g/mol. The number of methoxy groups -OCH3 is 1. The molecule has 1 unspecified atom stereocenters. The lowest BCUT2D eigenvalue weighted by Crippen LogP contribution is -2.43. The highest BCUT2D eigenvalue weighted by Gasteiger charge is 2.28. The van der Waals surface area contributed by atoms with Crippen molar-refractivity contribution in [1.29, 1.82) is 0 Å². The van der Waals surface area contributed by atoms with Crippen molar-refractivity contribution in [2.75, 3.05) is 20.2 Å². The summed E-state index contributed by atoms with van der Waals surface area (Å²) in [6.45, 7) is 1.53. The number of nitrogens with one attached hydrogen (secondary N) is 2. The number of carbonyl (C=O) groups is 1. The van der Waals surface area contributed by atoms with Crippen LogP contribution in [0.15, 0.2) is 28.7 Å². The minimum absolute atomic E-state index is 0.0338. The van der Waals surface area contributed by atoms with E-state index in [1.807, 2.05) is 12.1 Å². The van der Waals surface area contributed by atoms with Gasteiger partial charge in [0, 0.05) is 30.2 Å². The maximum absolute atomic E-state index is 12.0. The van der Waals surface area contributed by atoms with E-state index in [4.69, 9.17) is 4.74 Å². The number of ether oxygens (including phenoxy) is 1. The Morgan fingerprint density at radius 1 is 1.53 bits per heavy atom.